The minimum atomic E-state index is -0.293. The number of rotatable bonds is 7. The lowest BCUT2D eigenvalue weighted by Crippen LogP contribution is -2.25. The molecule has 3 aromatic rings. The number of fused-ring (bicyclic) bond motifs is 1. The summed E-state index contributed by atoms with van der Waals surface area (Å²) < 4.78 is 13.4. The van der Waals surface area contributed by atoms with Crippen LogP contribution >= 0.6 is 0 Å². The molecule has 2 N–H and O–H groups in total. The Bertz CT molecular complexity index is 887. The second kappa shape index (κ2) is 8.15. The molecule has 0 saturated carbocycles. The highest BCUT2D eigenvalue weighted by Gasteiger charge is 2.22. The van der Waals surface area contributed by atoms with Gasteiger partial charge in [0.05, 0.1) is 6.61 Å². The summed E-state index contributed by atoms with van der Waals surface area (Å²) in [6, 6.07) is 12.5. The predicted octanol–water partition coefficient (Wildman–Crippen LogP) is 4.46. The SMILES string of the molecule is CCONC(=O)CC(c1ccc(F)cc1)c1c[nH]c2c(CC)cccc12. The monoisotopic (exact) mass is 354 g/mol. The molecule has 0 fully saturated rings. The third-order valence-electron chi connectivity index (χ3n) is 4.58. The fraction of sp³-hybridized carbons (Fsp3) is 0.286. The first kappa shape index (κ1) is 18.1. The maximum absolute atomic E-state index is 13.4. The summed E-state index contributed by atoms with van der Waals surface area (Å²) in [5.74, 6) is -0.697. The molecule has 1 atom stereocenters. The molecular formula is C21H23FN2O2. The lowest BCUT2D eigenvalue weighted by molar-refractivity contribution is -0.133. The topological polar surface area (TPSA) is 54.1 Å². The van der Waals surface area contributed by atoms with E-state index in [0.717, 1.165) is 28.5 Å². The lowest BCUT2D eigenvalue weighted by Gasteiger charge is -2.17. The van der Waals surface area contributed by atoms with Gasteiger partial charge in [0.15, 0.2) is 0 Å². The maximum Gasteiger partial charge on any atom is 0.244 e. The fourth-order valence-electron chi connectivity index (χ4n) is 3.30. The van der Waals surface area contributed by atoms with Crippen molar-refractivity contribution in [1.29, 1.82) is 0 Å². The molecule has 0 aliphatic carbocycles. The zero-order chi connectivity index (χ0) is 18.5. The van der Waals surface area contributed by atoms with Gasteiger partial charge in [-0.1, -0.05) is 37.3 Å². The Hall–Kier alpha value is -2.66. The first-order valence-electron chi connectivity index (χ1n) is 8.89. The fourth-order valence-corrected chi connectivity index (χ4v) is 3.30. The van der Waals surface area contributed by atoms with Crippen molar-refractivity contribution in [2.45, 2.75) is 32.6 Å². The minimum Gasteiger partial charge on any atom is -0.361 e. The number of carbonyl (C=O) groups excluding carboxylic acids is 1. The number of aromatic amines is 1. The number of H-pyrrole nitrogens is 1. The number of carbonyl (C=O) groups is 1. The van der Waals surface area contributed by atoms with Gasteiger partial charge in [0.1, 0.15) is 5.82 Å². The summed E-state index contributed by atoms with van der Waals surface area (Å²) in [5, 5.41) is 1.09. The zero-order valence-corrected chi connectivity index (χ0v) is 15.0. The van der Waals surface area contributed by atoms with Gasteiger partial charge >= 0.3 is 0 Å². The van der Waals surface area contributed by atoms with Gasteiger partial charge in [0.2, 0.25) is 5.91 Å². The van der Waals surface area contributed by atoms with E-state index in [1.54, 1.807) is 12.1 Å². The van der Waals surface area contributed by atoms with Gasteiger partial charge in [-0.2, -0.15) is 0 Å². The van der Waals surface area contributed by atoms with Crippen molar-refractivity contribution >= 4 is 16.8 Å². The summed E-state index contributed by atoms with van der Waals surface area (Å²) in [5.41, 5.74) is 6.68. The third-order valence-corrected chi connectivity index (χ3v) is 4.58. The second-order valence-corrected chi connectivity index (χ2v) is 6.20. The molecule has 4 nitrogen and oxygen atoms in total. The molecule has 1 aromatic heterocycles. The summed E-state index contributed by atoms with van der Waals surface area (Å²) in [7, 11) is 0. The molecule has 0 aliphatic rings. The van der Waals surface area contributed by atoms with Crippen molar-refractivity contribution in [3.63, 3.8) is 0 Å². The van der Waals surface area contributed by atoms with Crippen LogP contribution in [0.25, 0.3) is 10.9 Å². The van der Waals surface area contributed by atoms with E-state index >= 15 is 0 Å². The van der Waals surface area contributed by atoms with Crippen LogP contribution in [0, 0.1) is 5.82 Å². The third kappa shape index (κ3) is 3.78. The number of hydrogen-bond donors (Lipinski definition) is 2. The van der Waals surface area contributed by atoms with Crippen molar-refractivity contribution in [1.82, 2.24) is 10.5 Å². The molecule has 0 saturated heterocycles. The number of para-hydroxylation sites is 1. The number of nitrogens with one attached hydrogen (secondary N) is 2. The quantitative estimate of drug-likeness (QED) is 0.616. The standard InChI is InChI=1S/C21H23FN2O2/c1-3-14-6-5-7-17-19(13-23-21(14)17)18(12-20(25)24-26-4-2)15-8-10-16(22)11-9-15/h5-11,13,18,23H,3-4,12H2,1-2H3,(H,24,25). The van der Waals surface area contributed by atoms with Gasteiger partial charge in [0.25, 0.3) is 0 Å². The van der Waals surface area contributed by atoms with Crippen LogP contribution in [0.5, 0.6) is 0 Å². The van der Waals surface area contributed by atoms with Gasteiger partial charge in [-0.15, -0.1) is 0 Å². The highest BCUT2D eigenvalue weighted by molar-refractivity contribution is 5.88. The summed E-state index contributed by atoms with van der Waals surface area (Å²) in [6.45, 7) is 4.33. The van der Waals surface area contributed by atoms with Crippen molar-refractivity contribution in [2.24, 2.45) is 0 Å². The Balaban J connectivity index is 2.03. The number of benzene rings is 2. The molecule has 0 spiro atoms. The number of halogens is 1. The number of hydroxylamine groups is 1. The van der Waals surface area contributed by atoms with Crippen LogP contribution in [0.4, 0.5) is 4.39 Å². The molecular weight excluding hydrogens is 331 g/mol. The molecule has 0 aliphatic heterocycles. The van der Waals surface area contributed by atoms with Gasteiger partial charge in [-0.3, -0.25) is 9.63 Å². The molecule has 2 aromatic carbocycles. The van der Waals surface area contributed by atoms with E-state index in [9.17, 15) is 9.18 Å². The lowest BCUT2D eigenvalue weighted by atomic mass is 9.87. The van der Waals surface area contributed by atoms with Crippen molar-refractivity contribution < 1.29 is 14.0 Å². The molecule has 5 heteroatoms. The molecule has 1 amide bonds. The summed E-state index contributed by atoms with van der Waals surface area (Å²) in [6.07, 6.45) is 3.09. The number of hydrogen-bond acceptors (Lipinski definition) is 2. The molecule has 0 radical (unpaired) electrons. The molecule has 136 valence electrons. The first-order valence-corrected chi connectivity index (χ1v) is 8.89. The first-order chi connectivity index (χ1) is 12.6. The summed E-state index contributed by atoms with van der Waals surface area (Å²) >= 11 is 0. The highest BCUT2D eigenvalue weighted by atomic mass is 19.1. The van der Waals surface area contributed by atoms with Crippen LogP contribution in [0.15, 0.2) is 48.7 Å². The second-order valence-electron chi connectivity index (χ2n) is 6.20. The van der Waals surface area contributed by atoms with Crippen LogP contribution < -0.4 is 5.48 Å². The minimum absolute atomic E-state index is 0.197. The van der Waals surface area contributed by atoms with Gasteiger partial charge in [-0.25, -0.2) is 9.87 Å². The average Bonchev–Trinajstić information content (AvgIpc) is 3.09. The Morgan fingerprint density at radius 2 is 1.96 bits per heavy atom. The van der Waals surface area contributed by atoms with E-state index in [2.05, 4.69) is 29.5 Å². The molecule has 26 heavy (non-hydrogen) atoms. The molecule has 0 bridgehead atoms. The molecule has 3 rings (SSSR count). The Labute approximate surface area is 152 Å². The van der Waals surface area contributed by atoms with Gasteiger partial charge in [-0.05, 0) is 42.2 Å². The van der Waals surface area contributed by atoms with Crippen LogP contribution in [0.2, 0.25) is 0 Å². The highest BCUT2D eigenvalue weighted by Crippen LogP contribution is 2.34. The van der Waals surface area contributed by atoms with Gasteiger partial charge in [0, 0.05) is 29.4 Å². The van der Waals surface area contributed by atoms with E-state index < -0.39 is 0 Å². The summed E-state index contributed by atoms with van der Waals surface area (Å²) in [4.78, 5) is 20.7. The zero-order valence-electron chi connectivity index (χ0n) is 15.0. The normalized spacial score (nSPS) is 12.3. The molecule has 1 unspecified atom stereocenters. The number of amides is 1. The average molecular weight is 354 g/mol. The van der Waals surface area contributed by atoms with Crippen molar-refractivity contribution in [2.75, 3.05) is 6.61 Å². The number of aryl methyl sites for hydroxylation is 1. The van der Waals surface area contributed by atoms with E-state index in [-0.39, 0.29) is 24.1 Å². The predicted molar refractivity (Wildman–Crippen MR) is 100 cm³/mol. The Morgan fingerprint density at radius 3 is 2.65 bits per heavy atom. The van der Waals surface area contributed by atoms with E-state index in [1.165, 1.54) is 17.7 Å². The molecule has 1 heterocycles. The smallest absolute Gasteiger partial charge is 0.244 e. The Morgan fingerprint density at radius 1 is 1.19 bits per heavy atom. The van der Waals surface area contributed by atoms with Crippen LogP contribution in [-0.4, -0.2) is 17.5 Å². The van der Waals surface area contributed by atoms with Crippen molar-refractivity contribution in [3.05, 3.63) is 71.2 Å². The maximum atomic E-state index is 13.4. The van der Waals surface area contributed by atoms with E-state index in [1.807, 2.05) is 19.2 Å². The van der Waals surface area contributed by atoms with E-state index in [4.69, 9.17) is 4.84 Å². The van der Waals surface area contributed by atoms with Crippen LogP contribution in [0.1, 0.15) is 42.9 Å². The van der Waals surface area contributed by atoms with Crippen molar-refractivity contribution in [3.8, 4) is 0 Å². The number of aromatic nitrogens is 1. The van der Waals surface area contributed by atoms with Gasteiger partial charge < -0.3 is 4.98 Å². The Kier molecular flexibility index (Phi) is 5.68. The van der Waals surface area contributed by atoms with Crippen LogP contribution in [-0.2, 0) is 16.1 Å². The largest absolute Gasteiger partial charge is 0.361 e. The van der Waals surface area contributed by atoms with E-state index in [0.29, 0.717) is 6.61 Å². The van der Waals surface area contributed by atoms with Crippen LogP contribution in [0.3, 0.4) is 0 Å².